The van der Waals surface area contributed by atoms with Crippen molar-refractivity contribution in [1.29, 1.82) is 0 Å². The molecule has 1 unspecified atom stereocenters. The number of ketones is 1. The number of nitrogens with two attached hydrogens (primary N) is 1. The van der Waals surface area contributed by atoms with Gasteiger partial charge in [0.1, 0.15) is 5.72 Å². The molecule has 0 bridgehead atoms. The number of hydrogen-bond donors (Lipinski definition) is 3. The van der Waals surface area contributed by atoms with Gasteiger partial charge >= 0.3 is 0 Å². The Morgan fingerprint density at radius 3 is 2.64 bits per heavy atom. The summed E-state index contributed by atoms with van der Waals surface area (Å²) in [4.78, 5) is 11.0. The molecule has 0 fully saturated rings. The third-order valence-corrected chi connectivity index (χ3v) is 2.06. The predicted octanol–water partition coefficient (Wildman–Crippen LogP) is 0.393. The van der Waals surface area contributed by atoms with E-state index in [2.05, 4.69) is 12.2 Å². The Labute approximate surface area is 85.9 Å². The van der Waals surface area contributed by atoms with Gasteiger partial charge in [-0.1, -0.05) is 19.8 Å². The molecule has 0 aliphatic carbocycles. The third kappa shape index (κ3) is 7.00. The van der Waals surface area contributed by atoms with Crippen LogP contribution in [0, 0.1) is 0 Å². The summed E-state index contributed by atoms with van der Waals surface area (Å²) < 4.78 is 0. The van der Waals surface area contributed by atoms with E-state index >= 15 is 0 Å². The van der Waals surface area contributed by atoms with E-state index in [0.29, 0.717) is 0 Å². The normalized spacial score (nSPS) is 15.1. The fourth-order valence-corrected chi connectivity index (χ4v) is 1.25. The number of aliphatic hydroxyl groups is 1. The van der Waals surface area contributed by atoms with Crippen molar-refractivity contribution >= 4 is 5.78 Å². The molecule has 0 radical (unpaired) electrons. The maximum atomic E-state index is 11.0. The van der Waals surface area contributed by atoms with Crippen molar-refractivity contribution in [2.45, 2.75) is 45.3 Å². The van der Waals surface area contributed by atoms with Crippen LogP contribution in [-0.2, 0) is 4.79 Å². The number of rotatable bonds is 8. The lowest BCUT2D eigenvalue weighted by molar-refractivity contribution is -0.123. The first-order valence-electron chi connectivity index (χ1n) is 5.21. The molecule has 4 N–H and O–H groups in total. The van der Waals surface area contributed by atoms with Gasteiger partial charge in [0.2, 0.25) is 0 Å². The molecule has 0 aliphatic heterocycles. The Morgan fingerprint density at radius 1 is 1.50 bits per heavy atom. The minimum absolute atomic E-state index is 0.00715. The minimum Gasteiger partial charge on any atom is -0.376 e. The van der Waals surface area contributed by atoms with Gasteiger partial charge in [-0.25, -0.2) is 0 Å². The van der Waals surface area contributed by atoms with Gasteiger partial charge in [-0.2, -0.15) is 0 Å². The fourth-order valence-electron chi connectivity index (χ4n) is 1.25. The first kappa shape index (κ1) is 13.5. The predicted molar refractivity (Wildman–Crippen MR) is 56.8 cm³/mol. The van der Waals surface area contributed by atoms with Crippen molar-refractivity contribution in [3.05, 3.63) is 0 Å². The van der Waals surface area contributed by atoms with Crippen molar-refractivity contribution in [2.24, 2.45) is 5.73 Å². The number of carbonyl (C=O) groups is 1. The molecule has 4 heteroatoms. The van der Waals surface area contributed by atoms with Gasteiger partial charge in [-0.15, -0.1) is 0 Å². The second-order valence-corrected chi connectivity index (χ2v) is 3.83. The maximum absolute atomic E-state index is 11.0. The monoisotopic (exact) mass is 202 g/mol. The van der Waals surface area contributed by atoms with Gasteiger partial charge in [0.05, 0.1) is 6.54 Å². The van der Waals surface area contributed by atoms with Crippen LogP contribution in [0.25, 0.3) is 0 Å². The highest BCUT2D eigenvalue weighted by atomic mass is 16.3. The molecule has 0 aromatic rings. The number of hydrogen-bond acceptors (Lipinski definition) is 4. The standard InChI is InChI=1S/C10H22N2O2/c1-3-4-5-6-12-10(2,14)7-9(13)8-11/h12,14H,3-8,11H2,1-2H3. The lowest BCUT2D eigenvalue weighted by atomic mass is 10.1. The molecule has 0 heterocycles. The molecule has 0 aliphatic rings. The summed E-state index contributed by atoms with van der Waals surface area (Å²) in [7, 11) is 0. The number of unbranched alkanes of at least 4 members (excludes halogenated alkanes) is 2. The van der Waals surface area contributed by atoms with E-state index in [-0.39, 0.29) is 18.7 Å². The van der Waals surface area contributed by atoms with Gasteiger partial charge in [-0.3, -0.25) is 10.1 Å². The van der Waals surface area contributed by atoms with Crippen molar-refractivity contribution in [2.75, 3.05) is 13.1 Å². The van der Waals surface area contributed by atoms with Gasteiger partial charge in [-0.05, 0) is 19.9 Å². The highest BCUT2D eigenvalue weighted by Crippen LogP contribution is 2.05. The fraction of sp³-hybridized carbons (Fsp3) is 0.900. The van der Waals surface area contributed by atoms with E-state index in [1.807, 2.05) is 0 Å². The quantitative estimate of drug-likeness (QED) is 0.393. The molecule has 0 aromatic carbocycles. The van der Waals surface area contributed by atoms with Gasteiger partial charge in [0, 0.05) is 6.42 Å². The van der Waals surface area contributed by atoms with E-state index in [9.17, 15) is 9.90 Å². The van der Waals surface area contributed by atoms with Gasteiger partial charge in [0.25, 0.3) is 0 Å². The van der Waals surface area contributed by atoms with Crippen molar-refractivity contribution in [3.63, 3.8) is 0 Å². The minimum atomic E-state index is -1.11. The highest BCUT2D eigenvalue weighted by Gasteiger charge is 2.21. The van der Waals surface area contributed by atoms with E-state index in [4.69, 9.17) is 5.73 Å². The lowest BCUT2D eigenvalue weighted by Crippen LogP contribution is -2.45. The van der Waals surface area contributed by atoms with Crippen LogP contribution >= 0.6 is 0 Å². The molecule has 0 aromatic heterocycles. The Kier molecular flexibility index (Phi) is 6.70. The van der Waals surface area contributed by atoms with Crippen LogP contribution in [0.1, 0.15) is 39.5 Å². The van der Waals surface area contributed by atoms with Crippen LogP contribution in [0.5, 0.6) is 0 Å². The van der Waals surface area contributed by atoms with Crippen LogP contribution in [0.3, 0.4) is 0 Å². The van der Waals surface area contributed by atoms with Crippen molar-refractivity contribution in [1.82, 2.24) is 5.32 Å². The molecule has 0 rings (SSSR count). The zero-order valence-electron chi connectivity index (χ0n) is 9.18. The SMILES string of the molecule is CCCCCNC(C)(O)CC(=O)CN. The summed E-state index contributed by atoms with van der Waals surface area (Å²) >= 11 is 0. The zero-order chi connectivity index (χ0) is 11.0. The molecular weight excluding hydrogens is 180 g/mol. The van der Waals surface area contributed by atoms with Crippen LogP contribution in [0.4, 0.5) is 0 Å². The third-order valence-electron chi connectivity index (χ3n) is 2.06. The number of carbonyl (C=O) groups excluding carboxylic acids is 1. The second-order valence-electron chi connectivity index (χ2n) is 3.83. The summed E-state index contributed by atoms with van der Waals surface area (Å²) in [6.45, 7) is 4.45. The molecule has 0 amide bonds. The van der Waals surface area contributed by atoms with Crippen molar-refractivity contribution in [3.8, 4) is 0 Å². The molecule has 84 valence electrons. The van der Waals surface area contributed by atoms with Crippen molar-refractivity contribution < 1.29 is 9.90 Å². The molecule has 1 atom stereocenters. The van der Waals surface area contributed by atoms with E-state index in [1.165, 1.54) is 0 Å². The first-order valence-corrected chi connectivity index (χ1v) is 5.21. The molecule has 14 heavy (non-hydrogen) atoms. The molecule has 0 saturated heterocycles. The zero-order valence-corrected chi connectivity index (χ0v) is 9.18. The number of nitrogens with one attached hydrogen (secondary N) is 1. The van der Waals surface area contributed by atoms with Crippen LogP contribution in [0.2, 0.25) is 0 Å². The molecular formula is C10H22N2O2. The van der Waals surface area contributed by atoms with Crippen LogP contribution in [0.15, 0.2) is 0 Å². The summed E-state index contributed by atoms with van der Waals surface area (Å²) in [5.41, 5.74) is 4.06. The van der Waals surface area contributed by atoms with Crippen LogP contribution < -0.4 is 11.1 Å². The number of Topliss-reactive ketones (excluding diaryl/α,β-unsaturated/α-hetero) is 1. The Balaban J connectivity index is 3.66. The lowest BCUT2D eigenvalue weighted by Gasteiger charge is -2.23. The Bertz CT molecular complexity index is 170. The van der Waals surface area contributed by atoms with E-state index in [0.717, 1.165) is 25.8 Å². The van der Waals surface area contributed by atoms with Gasteiger partial charge in [0.15, 0.2) is 5.78 Å². The van der Waals surface area contributed by atoms with Crippen LogP contribution in [-0.4, -0.2) is 29.7 Å². The summed E-state index contributed by atoms with van der Waals surface area (Å²) in [6.07, 6.45) is 3.37. The molecule has 0 saturated carbocycles. The first-order chi connectivity index (χ1) is 6.52. The van der Waals surface area contributed by atoms with E-state index in [1.54, 1.807) is 6.92 Å². The molecule has 0 spiro atoms. The van der Waals surface area contributed by atoms with Gasteiger partial charge < -0.3 is 10.8 Å². The summed E-state index contributed by atoms with van der Waals surface area (Å²) in [5.74, 6) is -0.127. The topological polar surface area (TPSA) is 75.3 Å². The Morgan fingerprint density at radius 2 is 2.14 bits per heavy atom. The average molecular weight is 202 g/mol. The van der Waals surface area contributed by atoms with E-state index < -0.39 is 5.72 Å². The summed E-state index contributed by atoms with van der Waals surface area (Å²) in [5, 5.41) is 12.7. The summed E-state index contributed by atoms with van der Waals surface area (Å²) in [6, 6.07) is 0. The Hall–Kier alpha value is -0.450. The largest absolute Gasteiger partial charge is 0.376 e. The smallest absolute Gasteiger partial charge is 0.150 e. The second kappa shape index (κ2) is 6.92. The average Bonchev–Trinajstić information content (AvgIpc) is 2.12. The maximum Gasteiger partial charge on any atom is 0.150 e. The molecule has 4 nitrogen and oxygen atoms in total. The highest BCUT2D eigenvalue weighted by molar-refractivity contribution is 5.81.